The molecule has 1 heterocycles. The first-order valence-electron chi connectivity index (χ1n) is 3.23. The van der Waals surface area contributed by atoms with Gasteiger partial charge in [-0.3, -0.25) is 0 Å². The summed E-state index contributed by atoms with van der Waals surface area (Å²) in [6.45, 7) is 3.57. The van der Waals surface area contributed by atoms with Crippen LogP contribution in [0.1, 0.15) is 13.8 Å². The molecular formula is C7H11N2O+. The zero-order chi connectivity index (χ0) is 7.72. The average molecular weight is 139 g/mol. The second-order valence-electron chi connectivity index (χ2n) is 2.52. The van der Waals surface area contributed by atoms with Gasteiger partial charge in [-0.15, -0.1) is 0 Å². The van der Waals surface area contributed by atoms with Gasteiger partial charge in [0.1, 0.15) is 0 Å². The highest BCUT2D eigenvalue weighted by Gasteiger charge is 2.23. The molecule has 0 spiro atoms. The number of nitrogens with zero attached hydrogens (tertiary/aromatic N) is 1. The lowest BCUT2D eigenvalue weighted by Crippen LogP contribution is -2.22. The fourth-order valence-electron chi connectivity index (χ4n) is 1.02. The van der Waals surface area contributed by atoms with E-state index in [1.807, 2.05) is 6.92 Å². The van der Waals surface area contributed by atoms with E-state index in [4.69, 9.17) is 5.73 Å². The normalized spacial score (nSPS) is 25.8. The van der Waals surface area contributed by atoms with Crippen molar-refractivity contribution in [3.05, 3.63) is 28.5 Å². The molecule has 2 N–H and O–H groups in total. The highest BCUT2D eigenvalue weighted by atomic mass is 16.3. The summed E-state index contributed by atoms with van der Waals surface area (Å²) in [6.07, 6.45) is 3.41. The third kappa shape index (κ3) is 1.07. The smallest absolute Gasteiger partial charge is 0.232 e. The molecule has 1 aliphatic heterocycles. The van der Waals surface area contributed by atoms with Gasteiger partial charge in [0.05, 0.1) is 0 Å². The van der Waals surface area contributed by atoms with Crippen LogP contribution in [0, 0.1) is 4.91 Å². The van der Waals surface area contributed by atoms with E-state index in [-0.39, 0.29) is 6.04 Å². The first-order chi connectivity index (χ1) is 4.61. The third-order valence-electron chi connectivity index (χ3n) is 1.53. The van der Waals surface area contributed by atoms with E-state index >= 15 is 0 Å². The average Bonchev–Trinajstić information content (AvgIpc) is 1.82. The van der Waals surface area contributed by atoms with Crippen LogP contribution >= 0.6 is 0 Å². The molecule has 0 saturated carbocycles. The van der Waals surface area contributed by atoms with Crippen molar-refractivity contribution in [1.82, 2.24) is 0 Å². The number of nitroso groups, excluding NO2 is 1. The molecule has 0 bridgehead atoms. The van der Waals surface area contributed by atoms with Crippen molar-refractivity contribution in [2.75, 3.05) is 0 Å². The molecule has 0 radical (unpaired) electrons. The molecule has 54 valence electrons. The van der Waals surface area contributed by atoms with Crippen molar-refractivity contribution < 1.29 is 4.76 Å². The summed E-state index contributed by atoms with van der Waals surface area (Å²) < 4.78 is 0.941. The van der Waals surface area contributed by atoms with Crippen LogP contribution < -0.4 is 5.73 Å². The van der Waals surface area contributed by atoms with Crippen LogP contribution in [0.3, 0.4) is 0 Å². The molecule has 0 amide bonds. The van der Waals surface area contributed by atoms with E-state index in [0.29, 0.717) is 11.4 Å². The summed E-state index contributed by atoms with van der Waals surface area (Å²) in [6, 6.07) is -0.120. The first-order valence-corrected chi connectivity index (χ1v) is 3.23. The summed E-state index contributed by atoms with van der Waals surface area (Å²) >= 11 is 0. The Morgan fingerprint density at radius 3 is 2.80 bits per heavy atom. The largest absolute Gasteiger partial charge is 0.399 e. The molecule has 0 aliphatic carbocycles. The van der Waals surface area contributed by atoms with Gasteiger partial charge in [-0.1, -0.05) is 0 Å². The van der Waals surface area contributed by atoms with Gasteiger partial charge < -0.3 is 5.73 Å². The van der Waals surface area contributed by atoms with E-state index in [2.05, 4.69) is 0 Å². The van der Waals surface area contributed by atoms with Gasteiger partial charge in [0.2, 0.25) is 11.7 Å². The quantitative estimate of drug-likeness (QED) is 0.507. The van der Waals surface area contributed by atoms with E-state index in [1.54, 1.807) is 19.1 Å². The van der Waals surface area contributed by atoms with Crippen LogP contribution in [0.15, 0.2) is 23.5 Å². The highest BCUT2D eigenvalue weighted by molar-refractivity contribution is 5.20. The Morgan fingerprint density at radius 1 is 1.70 bits per heavy atom. The molecule has 0 aromatic rings. The topological polar surface area (TPSA) is 46.1 Å². The van der Waals surface area contributed by atoms with Gasteiger partial charge >= 0.3 is 0 Å². The molecule has 0 saturated heterocycles. The highest BCUT2D eigenvalue weighted by Crippen LogP contribution is 2.10. The zero-order valence-corrected chi connectivity index (χ0v) is 6.16. The van der Waals surface area contributed by atoms with Crippen molar-refractivity contribution in [3.63, 3.8) is 0 Å². The van der Waals surface area contributed by atoms with E-state index in [1.165, 1.54) is 0 Å². The van der Waals surface area contributed by atoms with Crippen LogP contribution in [-0.2, 0) is 0 Å². The second-order valence-corrected chi connectivity index (χ2v) is 2.52. The maximum Gasteiger partial charge on any atom is 0.232 e. The Labute approximate surface area is 59.8 Å². The molecule has 1 aliphatic rings. The SMILES string of the molecule is CC1=CC(N)=CC(C)[N+]1=O. The Kier molecular flexibility index (Phi) is 1.57. The van der Waals surface area contributed by atoms with Crippen molar-refractivity contribution >= 4 is 0 Å². The summed E-state index contributed by atoms with van der Waals surface area (Å²) in [7, 11) is 0. The fraction of sp³-hybridized carbons (Fsp3) is 0.429. The summed E-state index contributed by atoms with van der Waals surface area (Å²) in [5.74, 6) is 0. The van der Waals surface area contributed by atoms with Gasteiger partial charge in [-0.05, 0) is 0 Å². The van der Waals surface area contributed by atoms with Gasteiger partial charge in [-0.2, -0.15) is 0 Å². The standard InChI is InChI=1S/C7H11N2O/c1-5-3-7(8)4-6(2)9(5)10/h3-5H,8H2,1-2H3/q+1. The van der Waals surface area contributed by atoms with Crippen LogP contribution in [0.4, 0.5) is 0 Å². The van der Waals surface area contributed by atoms with Gasteiger partial charge in [0.15, 0.2) is 0 Å². The predicted octanol–water partition coefficient (Wildman–Crippen LogP) is 0.914. The number of allylic oxidation sites excluding steroid dienone is 2. The molecule has 1 atom stereocenters. The maximum absolute atomic E-state index is 11.0. The van der Waals surface area contributed by atoms with Crippen LogP contribution in [-0.4, -0.2) is 10.8 Å². The minimum atomic E-state index is -0.120. The molecule has 1 unspecified atom stereocenters. The Hall–Kier alpha value is -1.12. The van der Waals surface area contributed by atoms with Crippen molar-refractivity contribution in [3.8, 4) is 0 Å². The minimum Gasteiger partial charge on any atom is -0.399 e. The van der Waals surface area contributed by atoms with Crippen molar-refractivity contribution in [1.29, 1.82) is 0 Å². The van der Waals surface area contributed by atoms with Gasteiger partial charge in [0, 0.05) is 41.4 Å². The van der Waals surface area contributed by atoms with Crippen LogP contribution in [0.2, 0.25) is 0 Å². The summed E-state index contributed by atoms with van der Waals surface area (Å²) in [4.78, 5) is 11.0. The lowest BCUT2D eigenvalue weighted by Gasteiger charge is -2.04. The molecule has 1 rings (SSSR count). The molecule has 10 heavy (non-hydrogen) atoms. The first kappa shape index (κ1) is 6.99. The molecule has 3 heteroatoms. The lowest BCUT2D eigenvalue weighted by molar-refractivity contribution is -0.524. The molecular weight excluding hydrogens is 128 g/mol. The Morgan fingerprint density at radius 2 is 2.30 bits per heavy atom. The zero-order valence-electron chi connectivity index (χ0n) is 6.16. The second kappa shape index (κ2) is 2.25. The van der Waals surface area contributed by atoms with Gasteiger partial charge in [0.25, 0.3) is 0 Å². The van der Waals surface area contributed by atoms with E-state index in [0.717, 1.165) is 4.76 Å². The van der Waals surface area contributed by atoms with E-state index in [9.17, 15) is 4.91 Å². The molecule has 0 aromatic heterocycles. The van der Waals surface area contributed by atoms with Crippen molar-refractivity contribution in [2.24, 2.45) is 5.73 Å². The van der Waals surface area contributed by atoms with Crippen molar-refractivity contribution in [2.45, 2.75) is 19.9 Å². The number of hydrogen-bond donors (Lipinski definition) is 1. The van der Waals surface area contributed by atoms with E-state index < -0.39 is 0 Å². The Balaban J connectivity index is 2.95. The minimum absolute atomic E-state index is 0.120. The summed E-state index contributed by atoms with van der Waals surface area (Å²) in [5.41, 5.74) is 6.85. The predicted molar refractivity (Wildman–Crippen MR) is 39.1 cm³/mol. The molecule has 0 aromatic carbocycles. The monoisotopic (exact) mass is 139 g/mol. The maximum atomic E-state index is 11.0. The fourth-order valence-corrected chi connectivity index (χ4v) is 1.02. The third-order valence-corrected chi connectivity index (χ3v) is 1.53. The lowest BCUT2D eigenvalue weighted by atomic mass is 10.2. The molecule has 3 nitrogen and oxygen atoms in total. The number of rotatable bonds is 0. The van der Waals surface area contributed by atoms with Crippen LogP contribution in [0.25, 0.3) is 0 Å². The number of hydrogen-bond acceptors (Lipinski definition) is 2. The molecule has 0 fully saturated rings. The number of nitrogens with two attached hydrogens (primary N) is 1. The van der Waals surface area contributed by atoms with Crippen LogP contribution in [0.5, 0.6) is 0 Å². The Bertz CT molecular complexity index is 228. The summed E-state index contributed by atoms with van der Waals surface area (Å²) in [5, 5.41) is 0. The van der Waals surface area contributed by atoms with Gasteiger partial charge in [-0.25, -0.2) is 0 Å².